The Bertz CT molecular complexity index is 240. The lowest BCUT2D eigenvalue weighted by Crippen LogP contribution is -2.42. The van der Waals surface area contributed by atoms with Crippen LogP contribution in [-0.2, 0) is 4.79 Å². The number of nitrogens with one attached hydrogen (secondary N) is 1. The number of rotatable bonds is 4. The standard InChI is InChI=1S/C13H24ClNO/c1-10(8-14)9-15-12(16)11-6-4-5-7-13(11,2)3/h10-11H,4-9H2,1-3H3,(H,15,16). The van der Waals surface area contributed by atoms with Crippen molar-refractivity contribution in [2.45, 2.75) is 46.5 Å². The fraction of sp³-hybridized carbons (Fsp3) is 0.923. The first-order chi connectivity index (χ1) is 7.47. The number of carbonyl (C=O) groups is 1. The molecule has 0 heterocycles. The summed E-state index contributed by atoms with van der Waals surface area (Å²) in [5.74, 6) is 1.37. The Morgan fingerprint density at radius 3 is 2.75 bits per heavy atom. The second kappa shape index (κ2) is 5.90. The van der Waals surface area contributed by atoms with Crippen molar-refractivity contribution < 1.29 is 4.79 Å². The van der Waals surface area contributed by atoms with Gasteiger partial charge in [0, 0.05) is 18.3 Å². The maximum absolute atomic E-state index is 12.1. The number of alkyl halides is 1. The highest BCUT2D eigenvalue weighted by Gasteiger charge is 2.36. The molecule has 3 heteroatoms. The molecule has 0 saturated heterocycles. The van der Waals surface area contributed by atoms with Gasteiger partial charge >= 0.3 is 0 Å². The topological polar surface area (TPSA) is 29.1 Å². The molecule has 94 valence electrons. The van der Waals surface area contributed by atoms with E-state index in [1.54, 1.807) is 0 Å². The summed E-state index contributed by atoms with van der Waals surface area (Å²) >= 11 is 5.73. The Morgan fingerprint density at radius 1 is 1.50 bits per heavy atom. The molecule has 1 rings (SSSR count). The Hall–Kier alpha value is -0.240. The quantitative estimate of drug-likeness (QED) is 0.758. The van der Waals surface area contributed by atoms with Crippen molar-refractivity contribution in [3.63, 3.8) is 0 Å². The first-order valence-electron chi connectivity index (χ1n) is 6.31. The van der Waals surface area contributed by atoms with Crippen molar-refractivity contribution in [3.05, 3.63) is 0 Å². The monoisotopic (exact) mass is 245 g/mol. The lowest BCUT2D eigenvalue weighted by Gasteiger charge is -2.37. The maximum Gasteiger partial charge on any atom is 0.223 e. The summed E-state index contributed by atoms with van der Waals surface area (Å²) in [7, 11) is 0. The number of carbonyl (C=O) groups excluding carboxylic acids is 1. The van der Waals surface area contributed by atoms with E-state index in [-0.39, 0.29) is 17.2 Å². The fourth-order valence-electron chi connectivity index (χ4n) is 2.43. The van der Waals surface area contributed by atoms with Crippen molar-refractivity contribution in [1.82, 2.24) is 5.32 Å². The van der Waals surface area contributed by atoms with Crippen LogP contribution in [0.2, 0.25) is 0 Å². The highest BCUT2D eigenvalue weighted by atomic mass is 35.5. The molecule has 0 aromatic rings. The Kier molecular flexibility index (Phi) is 5.10. The SMILES string of the molecule is CC(CCl)CNC(=O)C1CCCCC1(C)C. The molecule has 1 aliphatic rings. The number of amides is 1. The molecule has 2 nitrogen and oxygen atoms in total. The average Bonchev–Trinajstić information content (AvgIpc) is 2.24. The van der Waals surface area contributed by atoms with Gasteiger partial charge in [0.1, 0.15) is 0 Å². The third kappa shape index (κ3) is 3.65. The highest BCUT2D eigenvalue weighted by Crippen LogP contribution is 2.40. The zero-order valence-corrected chi connectivity index (χ0v) is 11.4. The molecule has 1 N–H and O–H groups in total. The minimum atomic E-state index is 0.159. The van der Waals surface area contributed by atoms with Gasteiger partial charge in [-0.25, -0.2) is 0 Å². The van der Waals surface area contributed by atoms with Crippen molar-refractivity contribution >= 4 is 17.5 Å². The van der Waals surface area contributed by atoms with Crippen LogP contribution in [0.3, 0.4) is 0 Å². The van der Waals surface area contributed by atoms with E-state index in [2.05, 4.69) is 26.1 Å². The van der Waals surface area contributed by atoms with Gasteiger partial charge in [-0.05, 0) is 24.2 Å². The third-order valence-electron chi connectivity index (χ3n) is 3.71. The highest BCUT2D eigenvalue weighted by molar-refractivity contribution is 6.18. The maximum atomic E-state index is 12.1. The Morgan fingerprint density at radius 2 is 2.19 bits per heavy atom. The molecule has 0 aromatic carbocycles. The van der Waals surface area contributed by atoms with Crippen molar-refractivity contribution in [2.24, 2.45) is 17.3 Å². The lowest BCUT2D eigenvalue weighted by atomic mass is 9.68. The van der Waals surface area contributed by atoms with Gasteiger partial charge in [0.25, 0.3) is 0 Å². The largest absolute Gasteiger partial charge is 0.356 e. The van der Waals surface area contributed by atoms with Crippen LogP contribution in [0.25, 0.3) is 0 Å². The van der Waals surface area contributed by atoms with Gasteiger partial charge in [0.15, 0.2) is 0 Å². The van der Waals surface area contributed by atoms with Crippen LogP contribution in [0.1, 0.15) is 46.5 Å². The molecule has 1 amide bonds. The van der Waals surface area contributed by atoms with Gasteiger partial charge in [0.05, 0.1) is 0 Å². The molecule has 0 radical (unpaired) electrons. The van der Waals surface area contributed by atoms with E-state index in [0.29, 0.717) is 18.3 Å². The minimum absolute atomic E-state index is 0.159. The summed E-state index contributed by atoms with van der Waals surface area (Å²) in [6.45, 7) is 7.18. The molecule has 1 saturated carbocycles. The Balaban J connectivity index is 2.46. The van der Waals surface area contributed by atoms with Gasteiger partial charge in [-0.1, -0.05) is 33.6 Å². The van der Waals surface area contributed by atoms with Gasteiger partial charge < -0.3 is 5.32 Å². The third-order valence-corrected chi connectivity index (χ3v) is 4.24. The molecular formula is C13H24ClNO. The number of hydrogen-bond acceptors (Lipinski definition) is 1. The Labute approximate surface area is 104 Å². The van der Waals surface area contributed by atoms with E-state index in [1.807, 2.05) is 0 Å². The molecule has 1 aliphatic carbocycles. The van der Waals surface area contributed by atoms with Crippen LogP contribution >= 0.6 is 11.6 Å². The average molecular weight is 246 g/mol. The second-order valence-electron chi connectivity index (χ2n) is 5.79. The van der Waals surface area contributed by atoms with E-state index in [1.165, 1.54) is 12.8 Å². The molecule has 16 heavy (non-hydrogen) atoms. The first-order valence-corrected chi connectivity index (χ1v) is 6.84. The number of hydrogen-bond donors (Lipinski definition) is 1. The van der Waals surface area contributed by atoms with Crippen LogP contribution in [0.5, 0.6) is 0 Å². The van der Waals surface area contributed by atoms with E-state index < -0.39 is 0 Å². The van der Waals surface area contributed by atoms with Crippen molar-refractivity contribution in [1.29, 1.82) is 0 Å². The summed E-state index contributed by atoms with van der Waals surface area (Å²) < 4.78 is 0. The van der Waals surface area contributed by atoms with Crippen LogP contribution in [0, 0.1) is 17.3 Å². The lowest BCUT2D eigenvalue weighted by molar-refractivity contribution is -0.130. The predicted octanol–water partition coefficient (Wildman–Crippen LogP) is 3.19. The van der Waals surface area contributed by atoms with E-state index in [9.17, 15) is 4.79 Å². The van der Waals surface area contributed by atoms with Gasteiger partial charge in [-0.15, -0.1) is 11.6 Å². The van der Waals surface area contributed by atoms with Crippen LogP contribution in [0.15, 0.2) is 0 Å². The zero-order chi connectivity index (χ0) is 12.2. The molecule has 2 unspecified atom stereocenters. The zero-order valence-electron chi connectivity index (χ0n) is 10.7. The molecule has 0 spiro atoms. The van der Waals surface area contributed by atoms with Gasteiger partial charge in [-0.3, -0.25) is 4.79 Å². The van der Waals surface area contributed by atoms with Crippen molar-refractivity contribution in [3.8, 4) is 0 Å². The minimum Gasteiger partial charge on any atom is -0.356 e. The first kappa shape index (κ1) is 13.8. The molecule has 2 atom stereocenters. The van der Waals surface area contributed by atoms with Gasteiger partial charge in [0.2, 0.25) is 5.91 Å². The second-order valence-corrected chi connectivity index (χ2v) is 6.10. The van der Waals surface area contributed by atoms with E-state index in [0.717, 1.165) is 12.8 Å². The molecule has 0 aliphatic heterocycles. The van der Waals surface area contributed by atoms with Crippen LogP contribution in [-0.4, -0.2) is 18.3 Å². The summed E-state index contributed by atoms with van der Waals surface area (Å²) in [6.07, 6.45) is 4.64. The summed E-state index contributed by atoms with van der Waals surface area (Å²) in [4.78, 5) is 12.1. The predicted molar refractivity (Wildman–Crippen MR) is 68.6 cm³/mol. The van der Waals surface area contributed by atoms with Crippen molar-refractivity contribution in [2.75, 3.05) is 12.4 Å². The van der Waals surface area contributed by atoms with Crippen LogP contribution in [0.4, 0.5) is 0 Å². The fourth-order valence-corrected chi connectivity index (χ4v) is 2.54. The van der Waals surface area contributed by atoms with E-state index >= 15 is 0 Å². The summed E-state index contributed by atoms with van der Waals surface area (Å²) in [5, 5.41) is 3.04. The molecular weight excluding hydrogens is 222 g/mol. The normalized spacial score (nSPS) is 26.1. The molecule has 0 bridgehead atoms. The molecule has 0 aromatic heterocycles. The number of halogens is 1. The molecule has 1 fully saturated rings. The van der Waals surface area contributed by atoms with Crippen LogP contribution < -0.4 is 5.32 Å². The van der Waals surface area contributed by atoms with Gasteiger partial charge in [-0.2, -0.15) is 0 Å². The summed E-state index contributed by atoms with van der Waals surface area (Å²) in [5.41, 5.74) is 0.159. The van der Waals surface area contributed by atoms with E-state index in [4.69, 9.17) is 11.6 Å². The smallest absolute Gasteiger partial charge is 0.223 e. The summed E-state index contributed by atoms with van der Waals surface area (Å²) in [6, 6.07) is 0.